The molecule has 410 valence electrons. The molecule has 81 heavy (non-hydrogen) atoms. The second-order valence-electron chi connectivity index (χ2n) is 19.0. The summed E-state index contributed by atoms with van der Waals surface area (Å²) < 4.78 is 0. The molecule has 0 fully saturated rings. The van der Waals surface area contributed by atoms with Crippen LogP contribution >= 0.6 is 15.9 Å². The van der Waals surface area contributed by atoms with E-state index in [4.69, 9.17) is 21.6 Å². The van der Waals surface area contributed by atoms with E-state index in [2.05, 4.69) is 96.2 Å². The summed E-state index contributed by atoms with van der Waals surface area (Å²) in [6.45, 7) is 3.65. The van der Waals surface area contributed by atoms with Crippen LogP contribution < -0.4 is 11.5 Å². The van der Waals surface area contributed by atoms with Crippen LogP contribution in [0.1, 0.15) is 65.0 Å². The molecule has 0 spiro atoms. The third kappa shape index (κ3) is 16.4. The van der Waals surface area contributed by atoms with Gasteiger partial charge in [0.2, 0.25) is 23.1 Å². The number of ketones is 4. The minimum absolute atomic E-state index is 0.250. The molecule has 0 atom stereocenters. The van der Waals surface area contributed by atoms with Crippen molar-refractivity contribution in [3.8, 4) is 22.5 Å². The van der Waals surface area contributed by atoms with Gasteiger partial charge in [0.1, 0.15) is 6.33 Å². The predicted molar refractivity (Wildman–Crippen MR) is 328 cm³/mol. The number of carbonyl (C=O) groups is 4. The van der Waals surface area contributed by atoms with Gasteiger partial charge in [0.25, 0.3) is 0 Å². The molecule has 3 heterocycles. The van der Waals surface area contributed by atoms with Crippen molar-refractivity contribution in [3.05, 3.63) is 240 Å². The predicted octanol–water partition coefficient (Wildman–Crippen LogP) is 12.1. The number of halogens is 1. The van der Waals surface area contributed by atoms with Gasteiger partial charge in [-0.1, -0.05) is 180 Å². The van der Waals surface area contributed by atoms with Crippen LogP contribution in [-0.2, 0) is 18.4 Å². The fourth-order valence-corrected chi connectivity index (χ4v) is 8.61. The van der Waals surface area contributed by atoms with Crippen molar-refractivity contribution in [2.45, 2.75) is 25.3 Å². The van der Waals surface area contributed by atoms with Crippen molar-refractivity contribution in [1.82, 2.24) is 39.7 Å². The Hall–Kier alpha value is -9.32. The number of alkyl halides is 1. The first-order valence-electron chi connectivity index (χ1n) is 25.9. The number of benzene rings is 8. The molecule has 0 amide bonds. The molecule has 0 aliphatic carbocycles. The van der Waals surface area contributed by atoms with Crippen LogP contribution in [-0.4, -0.2) is 103 Å². The van der Waals surface area contributed by atoms with Gasteiger partial charge in [0, 0.05) is 58.4 Å². The molecule has 0 unspecified atom stereocenters. The first-order chi connectivity index (χ1) is 39.1. The van der Waals surface area contributed by atoms with Crippen LogP contribution in [0.3, 0.4) is 0 Å². The number of aromatic amines is 2. The maximum absolute atomic E-state index is 12.1. The van der Waals surface area contributed by atoms with E-state index < -0.39 is 23.1 Å². The minimum atomic E-state index is -0.470. The minimum Gasteiger partial charge on any atom is -0.397 e. The molecule has 7 N–H and O–H groups in total. The number of nitrogens with two attached hydrogens (primary N) is 2. The Bertz CT molecular complexity index is 3800. The first kappa shape index (κ1) is 59.3. The lowest BCUT2D eigenvalue weighted by atomic mass is 10.0. The highest BCUT2D eigenvalue weighted by Gasteiger charge is 2.19. The Morgan fingerprint density at radius 3 is 1.41 bits per heavy atom. The molecule has 0 saturated heterocycles. The monoisotopic (exact) mass is 1140 g/mol. The smallest absolute Gasteiger partial charge is 0.233 e. The fraction of sp³-hybridized carbons (Fsp3) is 0.138. The number of aliphatic hydroxyl groups excluding tert-OH is 1. The first-order valence-corrected chi connectivity index (χ1v) is 27.0. The Kier molecular flexibility index (Phi) is 21.3. The van der Waals surface area contributed by atoms with E-state index in [1.165, 1.54) is 5.56 Å². The number of rotatable bonds is 13. The molecule has 8 aromatic carbocycles. The number of fused-ring (bicyclic) bond motifs is 3. The van der Waals surface area contributed by atoms with Crippen molar-refractivity contribution < 1.29 is 24.3 Å². The van der Waals surface area contributed by atoms with E-state index in [0.717, 1.165) is 85.2 Å². The number of H-pyrrole nitrogens is 2. The van der Waals surface area contributed by atoms with Crippen LogP contribution in [0.2, 0.25) is 0 Å². The quantitative estimate of drug-likeness (QED) is 0.0313. The maximum Gasteiger partial charge on any atom is 0.233 e. The van der Waals surface area contributed by atoms with Crippen molar-refractivity contribution in [2.24, 2.45) is 0 Å². The van der Waals surface area contributed by atoms with Crippen LogP contribution in [0.5, 0.6) is 0 Å². The average molecular weight is 1140 g/mol. The molecule has 0 aliphatic heterocycles. The number of hydrogen-bond acceptors (Lipinski definition) is 13. The normalized spacial score (nSPS) is 10.6. The number of carbonyl (C=O) groups excluding carboxylic acids is 4. The van der Waals surface area contributed by atoms with Crippen LogP contribution in [0.4, 0.5) is 11.4 Å². The number of nitrogen functional groups attached to an aromatic ring is 2. The summed E-state index contributed by atoms with van der Waals surface area (Å²) in [5, 5.41) is 8.30. The van der Waals surface area contributed by atoms with Gasteiger partial charge >= 0.3 is 0 Å². The summed E-state index contributed by atoms with van der Waals surface area (Å²) >= 11 is 3.33. The molecule has 11 aromatic rings. The molecule has 15 nitrogen and oxygen atoms in total. The van der Waals surface area contributed by atoms with Gasteiger partial charge in [0.05, 0.1) is 62.2 Å². The summed E-state index contributed by atoms with van der Waals surface area (Å²) in [7, 11) is 8.13. The molecule has 11 rings (SSSR count). The molecule has 16 heteroatoms. The lowest BCUT2D eigenvalue weighted by Crippen LogP contribution is -2.15. The van der Waals surface area contributed by atoms with Gasteiger partial charge in [-0.2, -0.15) is 0 Å². The number of nitrogens with one attached hydrogen (secondary N) is 2. The number of nitrogens with zero attached hydrogens (tertiary/aromatic N) is 6. The Morgan fingerprint density at radius 2 is 0.926 bits per heavy atom. The lowest BCUT2D eigenvalue weighted by molar-refractivity contribution is 0.0817. The van der Waals surface area contributed by atoms with E-state index in [-0.39, 0.29) is 6.61 Å². The Morgan fingerprint density at radius 1 is 0.494 bits per heavy atom. The number of hydrogen-bond donors (Lipinski definition) is 5. The Labute approximate surface area is 478 Å². The zero-order valence-corrected chi connectivity index (χ0v) is 47.3. The van der Waals surface area contributed by atoms with E-state index in [1.807, 2.05) is 85.7 Å². The van der Waals surface area contributed by atoms with E-state index >= 15 is 0 Å². The van der Waals surface area contributed by atoms with Gasteiger partial charge in [0.15, 0.2) is 0 Å². The van der Waals surface area contributed by atoms with Gasteiger partial charge in [-0.25, -0.2) is 19.9 Å². The number of aliphatic hydroxyl groups is 1. The molecule has 0 bridgehead atoms. The fourth-order valence-electron chi connectivity index (χ4n) is 8.23. The standard InChI is InChI=1S/C24H21N5.C17H17NO2.C15H11BrO2.C7H8N4.C2H6O/c1-29(2)14-16-8-10-18(11-9-16)24-23(17-6-4-3-5-7-17)27-21-12-19-20(26-15-25-19)13-22(21)28-24;1-18(2)12-13-8-10-15(11-9-13)17(20)16(19)14-6-4-3-5-7-14;16-10-11-6-8-13(9-7-11)15(18)14(17)12-4-2-1-3-5-12;8-4-1-6-7(2-5(4)9)11-3-10-6;1-2-3/h3-13,15,28H,14H2,1-2H3;3-11H,12H2,1-2H3;1-9H,10H2;1-3H,8-9H2,(H,10,11);3H,2H2,1H3. The number of anilines is 2. The van der Waals surface area contributed by atoms with Crippen LogP contribution in [0.15, 0.2) is 201 Å². The third-order valence-electron chi connectivity index (χ3n) is 12.2. The van der Waals surface area contributed by atoms with E-state index in [0.29, 0.717) is 33.6 Å². The lowest BCUT2D eigenvalue weighted by Gasteiger charge is -2.14. The van der Waals surface area contributed by atoms with Crippen molar-refractivity contribution in [3.63, 3.8) is 0 Å². The number of aromatic nitrogens is 6. The zero-order chi connectivity index (χ0) is 57.8. The van der Waals surface area contributed by atoms with E-state index in [9.17, 15) is 19.2 Å². The maximum atomic E-state index is 12.1. The molecular weight excluding hydrogens is 1080 g/mol. The van der Waals surface area contributed by atoms with Gasteiger partial charge < -0.3 is 36.3 Å². The largest absolute Gasteiger partial charge is 0.397 e. The summed E-state index contributed by atoms with van der Waals surface area (Å²) in [5.74, 6) is -1.87. The second-order valence-corrected chi connectivity index (χ2v) is 19.6. The molecule has 3 aromatic heterocycles. The summed E-state index contributed by atoms with van der Waals surface area (Å²) in [5.41, 5.74) is 26.9. The van der Waals surface area contributed by atoms with Crippen molar-refractivity contribution in [1.29, 1.82) is 0 Å². The SMILES string of the molecule is CCO.CN(C)Cc1ccc(-c2[nH]c3cc4ncnc4cc3nc2-c2ccccc2)cc1.CN(C)Cc1ccc(C(=O)C(=O)c2ccccc2)cc1.Nc1cc2nc[nH]c2cc1N.O=C(C(=O)c1ccc(CBr)cc1)c1ccccc1. The highest BCUT2D eigenvalue weighted by Crippen LogP contribution is 2.32. The van der Waals surface area contributed by atoms with Gasteiger partial charge in [-0.05, 0) is 76.1 Å². The van der Waals surface area contributed by atoms with Crippen molar-refractivity contribution in [2.75, 3.05) is 46.3 Å². The highest BCUT2D eigenvalue weighted by molar-refractivity contribution is 9.08. The van der Waals surface area contributed by atoms with Crippen LogP contribution in [0.25, 0.3) is 55.6 Å². The molecule has 0 radical (unpaired) electrons. The summed E-state index contributed by atoms with van der Waals surface area (Å²) in [6.07, 6.45) is 3.20. The third-order valence-corrected chi connectivity index (χ3v) is 12.8. The van der Waals surface area contributed by atoms with Gasteiger partial charge in [-0.15, -0.1) is 0 Å². The van der Waals surface area contributed by atoms with Gasteiger partial charge in [-0.3, -0.25) is 19.2 Å². The second kappa shape index (κ2) is 29.1. The van der Waals surface area contributed by atoms with Crippen molar-refractivity contribution >= 4 is 83.5 Å². The topological polar surface area (TPSA) is 230 Å². The highest BCUT2D eigenvalue weighted by atomic mass is 79.9. The Balaban J connectivity index is 0.000000161. The molecule has 0 saturated carbocycles. The number of imidazole rings is 2. The zero-order valence-electron chi connectivity index (χ0n) is 45.7. The summed E-state index contributed by atoms with van der Waals surface area (Å²) in [4.78, 5) is 76.5. The average Bonchev–Trinajstić information content (AvgIpc) is 4.24. The van der Waals surface area contributed by atoms with E-state index in [1.54, 1.807) is 105 Å². The van der Waals surface area contributed by atoms with Crippen LogP contribution in [0, 0.1) is 0 Å². The number of Topliss-reactive ketones (excluding diaryl/α,β-unsaturated/α-hetero) is 4. The molecular formula is C65H63BrN10O5. The molecule has 0 aliphatic rings. The summed E-state index contributed by atoms with van der Waals surface area (Å²) in [6, 6.07) is 57.9.